The Kier molecular flexibility index (Phi) is 9.47. The highest BCUT2D eigenvalue weighted by Gasteiger charge is 2.44. The second kappa shape index (κ2) is 12.2. The largest absolute Gasteiger partial charge is 0.391 e. The second-order valence-electron chi connectivity index (χ2n) is 11.4. The average Bonchev–Trinajstić information content (AvgIpc) is 3.44. The van der Waals surface area contributed by atoms with Crippen LogP contribution >= 0.6 is 11.3 Å². The number of aliphatic hydroxyl groups excluding tert-OH is 1. The number of carbonyl (C=O) groups is 3. The predicted molar refractivity (Wildman–Crippen MR) is 146 cm³/mol. The molecule has 0 saturated carbocycles. The molecule has 0 unspecified atom stereocenters. The van der Waals surface area contributed by atoms with Gasteiger partial charge in [0.2, 0.25) is 17.7 Å². The molecule has 0 bridgehead atoms. The molecule has 37 heavy (non-hydrogen) atoms. The molecule has 9 heteroatoms. The number of amides is 3. The summed E-state index contributed by atoms with van der Waals surface area (Å²) in [4.78, 5) is 46.1. The van der Waals surface area contributed by atoms with Gasteiger partial charge in [-0.1, -0.05) is 58.9 Å². The van der Waals surface area contributed by atoms with Crippen LogP contribution in [0.5, 0.6) is 0 Å². The summed E-state index contributed by atoms with van der Waals surface area (Å²) in [6, 6.07) is 6.35. The molecule has 3 amide bonds. The first-order chi connectivity index (χ1) is 17.4. The fraction of sp³-hybridized carbons (Fsp3) is 0.571. The average molecular weight is 529 g/mol. The van der Waals surface area contributed by atoms with Gasteiger partial charge in [-0.3, -0.25) is 14.4 Å². The molecule has 8 nitrogen and oxygen atoms in total. The summed E-state index contributed by atoms with van der Waals surface area (Å²) < 4.78 is 0. The van der Waals surface area contributed by atoms with Crippen molar-refractivity contribution in [1.82, 2.24) is 20.5 Å². The maximum Gasteiger partial charge on any atom is 0.246 e. The van der Waals surface area contributed by atoms with Crippen molar-refractivity contribution in [2.24, 2.45) is 11.3 Å². The number of benzene rings is 1. The highest BCUT2D eigenvalue weighted by molar-refractivity contribution is 7.13. The van der Waals surface area contributed by atoms with Gasteiger partial charge in [0.1, 0.15) is 12.1 Å². The lowest BCUT2D eigenvalue weighted by atomic mass is 9.85. The van der Waals surface area contributed by atoms with Crippen LogP contribution in [0.2, 0.25) is 0 Å². The molecule has 2 aromatic rings. The van der Waals surface area contributed by atoms with E-state index in [-0.39, 0.29) is 30.7 Å². The first kappa shape index (κ1) is 28.8. The topological polar surface area (TPSA) is 112 Å². The number of β-amino-alcohol motifs (C(OH)–C–C–N with tert-alkyl or cyclic N) is 1. The highest BCUT2D eigenvalue weighted by Crippen LogP contribution is 2.28. The Morgan fingerprint density at radius 3 is 2.43 bits per heavy atom. The molecule has 0 radical (unpaired) electrons. The number of thiazole rings is 1. The van der Waals surface area contributed by atoms with Crippen LogP contribution in [-0.4, -0.2) is 57.4 Å². The van der Waals surface area contributed by atoms with Crippen LogP contribution < -0.4 is 10.6 Å². The highest BCUT2D eigenvalue weighted by atomic mass is 32.1. The zero-order valence-corrected chi connectivity index (χ0v) is 23.5. The number of aliphatic hydroxyl groups is 1. The number of nitrogens with zero attached hydrogens (tertiary/aromatic N) is 2. The van der Waals surface area contributed by atoms with E-state index in [0.29, 0.717) is 18.9 Å². The van der Waals surface area contributed by atoms with Crippen LogP contribution in [0.25, 0.3) is 10.4 Å². The van der Waals surface area contributed by atoms with Crippen molar-refractivity contribution >= 4 is 29.1 Å². The zero-order chi connectivity index (χ0) is 27.3. The van der Waals surface area contributed by atoms with Crippen molar-refractivity contribution in [2.75, 3.05) is 6.54 Å². The summed E-state index contributed by atoms with van der Waals surface area (Å²) in [6.07, 6.45) is 0.443. The van der Waals surface area contributed by atoms with E-state index in [1.807, 2.05) is 71.3 Å². The third kappa shape index (κ3) is 7.61. The number of hydrogen-bond donors (Lipinski definition) is 3. The molecule has 2 heterocycles. The van der Waals surface area contributed by atoms with Crippen molar-refractivity contribution < 1.29 is 19.5 Å². The van der Waals surface area contributed by atoms with Gasteiger partial charge in [-0.25, -0.2) is 4.98 Å². The van der Waals surface area contributed by atoms with Gasteiger partial charge in [0.25, 0.3) is 0 Å². The minimum absolute atomic E-state index is 0.0638. The summed E-state index contributed by atoms with van der Waals surface area (Å²) in [5.74, 6) is -0.457. The number of nitrogens with one attached hydrogen (secondary N) is 2. The molecule has 3 N–H and O–H groups in total. The van der Waals surface area contributed by atoms with Gasteiger partial charge in [0.15, 0.2) is 0 Å². The lowest BCUT2D eigenvalue weighted by molar-refractivity contribution is -0.144. The lowest BCUT2D eigenvalue weighted by Crippen LogP contribution is -2.57. The molecule has 1 aliphatic heterocycles. The van der Waals surface area contributed by atoms with E-state index < -0.39 is 23.6 Å². The van der Waals surface area contributed by atoms with Crippen molar-refractivity contribution in [3.63, 3.8) is 0 Å². The first-order valence-corrected chi connectivity index (χ1v) is 13.8. The van der Waals surface area contributed by atoms with E-state index in [1.54, 1.807) is 11.3 Å². The Balaban J connectivity index is 1.66. The van der Waals surface area contributed by atoms with Crippen molar-refractivity contribution in [1.29, 1.82) is 0 Å². The van der Waals surface area contributed by atoms with Gasteiger partial charge in [-0.05, 0) is 35.8 Å². The summed E-state index contributed by atoms with van der Waals surface area (Å²) in [5, 5.41) is 16.2. The van der Waals surface area contributed by atoms with E-state index in [1.165, 1.54) is 4.90 Å². The number of aromatic nitrogens is 1. The van der Waals surface area contributed by atoms with Crippen molar-refractivity contribution in [3.05, 3.63) is 41.0 Å². The molecule has 0 aliphatic carbocycles. The molecule has 1 fully saturated rings. The Hall–Kier alpha value is -2.78. The van der Waals surface area contributed by atoms with Gasteiger partial charge in [-0.2, -0.15) is 0 Å². The predicted octanol–water partition coefficient (Wildman–Crippen LogP) is 3.66. The summed E-state index contributed by atoms with van der Waals surface area (Å²) >= 11 is 1.59. The number of likely N-dealkylation sites (tertiary alicyclic amines) is 1. The maximum absolute atomic E-state index is 13.6. The van der Waals surface area contributed by atoms with E-state index in [4.69, 9.17) is 0 Å². The normalized spacial score (nSPS) is 18.6. The van der Waals surface area contributed by atoms with Gasteiger partial charge in [0.05, 0.1) is 22.2 Å². The van der Waals surface area contributed by atoms with E-state index in [2.05, 4.69) is 15.6 Å². The van der Waals surface area contributed by atoms with E-state index in [9.17, 15) is 19.5 Å². The third-order valence-corrected chi connectivity index (χ3v) is 7.64. The molecule has 1 saturated heterocycles. The standard InChI is InChI=1S/C28H40N4O4S/c1-17(2)7-12-23(34)31-25(28(4,5)6)27(36)32-15-21(33)13-22(32)26(35)29-14-19-8-10-20(11-9-19)24-18(3)30-16-37-24/h8-11,16-17,21-22,25,33H,7,12-15H2,1-6H3,(H,29,35)(H,31,34)/t21-,22+,25-/m0/s1. The van der Waals surface area contributed by atoms with Gasteiger partial charge in [0, 0.05) is 25.9 Å². The molecule has 3 rings (SSSR count). The monoisotopic (exact) mass is 528 g/mol. The molecule has 1 aromatic heterocycles. The van der Waals surface area contributed by atoms with Gasteiger partial charge in [-0.15, -0.1) is 11.3 Å². The summed E-state index contributed by atoms with van der Waals surface area (Å²) in [5.41, 5.74) is 4.26. The molecule has 1 aromatic carbocycles. The Morgan fingerprint density at radius 2 is 1.86 bits per heavy atom. The smallest absolute Gasteiger partial charge is 0.246 e. The quantitative estimate of drug-likeness (QED) is 0.460. The molecular formula is C28H40N4O4S. The van der Waals surface area contributed by atoms with Crippen LogP contribution in [0.3, 0.4) is 0 Å². The number of carbonyl (C=O) groups excluding carboxylic acids is 3. The number of rotatable bonds is 9. The SMILES string of the molecule is Cc1ncsc1-c1ccc(CNC(=O)[C@H]2C[C@H](O)CN2C(=O)[C@H](NC(=O)CCC(C)C)C(C)(C)C)cc1. The Morgan fingerprint density at radius 1 is 1.19 bits per heavy atom. The van der Waals surface area contributed by atoms with Gasteiger partial charge < -0.3 is 20.6 Å². The molecule has 0 spiro atoms. The minimum Gasteiger partial charge on any atom is -0.391 e. The van der Waals surface area contributed by atoms with Crippen LogP contribution in [0, 0.1) is 18.3 Å². The fourth-order valence-electron chi connectivity index (χ4n) is 4.43. The second-order valence-corrected chi connectivity index (χ2v) is 12.2. The maximum atomic E-state index is 13.6. The number of aryl methyl sites for hydroxylation is 1. The first-order valence-electron chi connectivity index (χ1n) is 12.9. The van der Waals surface area contributed by atoms with Crippen molar-refractivity contribution in [3.8, 4) is 10.4 Å². The minimum atomic E-state index is -0.796. The Bertz CT molecular complexity index is 1090. The van der Waals surface area contributed by atoms with Crippen LogP contribution in [-0.2, 0) is 20.9 Å². The molecular weight excluding hydrogens is 488 g/mol. The van der Waals surface area contributed by atoms with Crippen molar-refractivity contribution in [2.45, 2.75) is 85.5 Å². The zero-order valence-electron chi connectivity index (χ0n) is 22.7. The van der Waals surface area contributed by atoms with Crippen LogP contribution in [0.4, 0.5) is 0 Å². The lowest BCUT2D eigenvalue weighted by Gasteiger charge is -2.35. The van der Waals surface area contributed by atoms with Gasteiger partial charge >= 0.3 is 0 Å². The van der Waals surface area contributed by atoms with E-state index >= 15 is 0 Å². The molecule has 3 atom stereocenters. The number of hydrogen-bond acceptors (Lipinski definition) is 6. The third-order valence-electron chi connectivity index (χ3n) is 6.66. The molecule has 202 valence electrons. The van der Waals surface area contributed by atoms with E-state index in [0.717, 1.165) is 28.1 Å². The van der Waals surface area contributed by atoms with Crippen LogP contribution in [0.15, 0.2) is 29.8 Å². The van der Waals surface area contributed by atoms with Crippen LogP contribution in [0.1, 0.15) is 65.1 Å². The summed E-state index contributed by atoms with van der Waals surface area (Å²) in [6.45, 7) is 12.1. The fourth-order valence-corrected chi connectivity index (χ4v) is 5.24. The summed E-state index contributed by atoms with van der Waals surface area (Å²) in [7, 11) is 0. The molecule has 1 aliphatic rings. The Labute approximate surface area is 223 Å².